The van der Waals surface area contributed by atoms with Crippen molar-refractivity contribution in [3.05, 3.63) is 36.2 Å². The van der Waals surface area contributed by atoms with Crippen molar-refractivity contribution in [3.8, 4) is 11.5 Å². The third-order valence-corrected chi connectivity index (χ3v) is 5.87. The molecule has 2 heterocycles. The number of nitrogens with one attached hydrogen (secondary N) is 1. The highest BCUT2D eigenvalue weighted by atomic mass is 32.2. The first kappa shape index (κ1) is 14.0. The highest BCUT2D eigenvalue weighted by molar-refractivity contribution is 8.06. The Morgan fingerprint density at radius 1 is 1.20 bits per heavy atom. The van der Waals surface area contributed by atoms with E-state index in [2.05, 4.69) is 27.3 Å². The predicted molar refractivity (Wildman–Crippen MR) is 85.0 cm³/mol. The van der Waals surface area contributed by atoms with Gasteiger partial charge < -0.3 is 9.73 Å². The average molecular weight is 307 g/mol. The summed E-state index contributed by atoms with van der Waals surface area (Å²) in [6, 6.07) is 9.86. The van der Waals surface area contributed by atoms with Crippen LogP contribution in [0.1, 0.15) is 5.89 Å². The van der Waals surface area contributed by atoms with Gasteiger partial charge in [-0.1, -0.05) is 18.2 Å². The Bertz CT molecular complexity index is 526. The fourth-order valence-corrected chi connectivity index (χ4v) is 4.66. The molecular formula is C14H17N3OS2. The van der Waals surface area contributed by atoms with E-state index in [1.807, 2.05) is 42.1 Å². The Hall–Kier alpha value is -0.980. The van der Waals surface area contributed by atoms with Crippen molar-refractivity contribution in [1.29, 1.82) is 0 Å². The third-order valence-electron chi connectivity index (χ3n) is 3.02. The largest absolute Gasteiger partial charge is 0.419 e. The third kappa shape index (κ3) is 3.77. The van der Waals surface area contributed by atoms with Crippen LogP contribution in [0.15, 0.2) is 34.7 Å². The van der Waals surface area contributed by atoms with Gasteiger partial charge in [-0.3, -0.25) is 0 Å². The molecule has 6 heteroatoms. The lowest BCUT2D eigenvalue weighted by molar-refractivity contribution is 0.479. The maximum absolute atomic E-state index is 5.66. The average Bonchev–Trinajstić information content (AvgIpc) is 2.98. The second-order valence-electron chi connectivity index (χ2n) is 4.57. The molecule has 0 bridgehead atoms. The van der Waals surface area contributed by atoms with Gasteiger partial charge in [0.05, 0.1) is 6.54 Å². The molecule has 2 aromatic rings. The summed E-state index contributed by atoms with van der Waals surface area (Å²) in [6.07, 6.45) is 0. The van der Waals surface area contributed by atoms with Gasteiger partial charge in [0.25, 0.3) is 0 Å². The first-order valence-electron chi connectivity index (χ1n) is 6.70. The number of nitrogens with zero attached hydrogens (tertiary/aromatic N) is 2. The summed E-state index contributed by atoms with van der Waals surface area (Å²) in [5.41, 5.74) is 0.963. The fourth-order valence-electron chi connectivity index (χ4n) is 2.02. The maximum Gasteiger partial charge on any atom is 0.247 e. The van der Waals surface area contributed by atoms with E-state index in [0.717, 1.165) is 12.1 Å². The molecule has 1 fully saturated rings. The second kappa shape index (κ2) is 7.15. The van der Waals surface area contributed by atoms with E-state index in [0.29, 0.717) is 23.6 Å². The van der Waals surface area contributed by atoms with Crippen molar-refractivity contribution in [1.82, 2.24) is 15.5 Å². The normalized spacial score (nSPS) is 19.1. The second-order valence-corrected chi connectivity index (χ2v) is 7.12. The van der Waals surface area contributed by atoms with E-state index in [-0.39, 0.29) is 0 Å². The molecule has 1 aliphatic rings. The van der Waals surface area contributed by atoms with Gasteiger partial charge in [0.1, 0.15) is 0 Å². The van der Waals surface area contributed by atoms with Crippen LogP contribution in [0, 0.1) is 0 Å². The Balaban J connectivity index is 1.50. The van der Waals surface area contributed by atoms with Gasteiger partial charge in [0, 0.05) is 34.6 Å². The van der Waals surface area contributed by atoms with Gasteiger partial charge >= 0.3 is 0 Å². The minimum Gasteiger partial charge on any atom is -0.419 e. The molecule has 1 aromatic carbocycles. The lowest BCUT2D eigenvalue weighted by atomic mass is 10.2. The minimum absolute atomic E-state index is 0.588. The Labute approximate surface area is 127 Å². The summed E-state index contributed by atoms with van der Waals surface area (Å²) < 4.78 is 5.66. The topological polar surface area (TPSA) is 51.0 Å². The molecule has 0 saturated carbocycles. The van der Waals surface area contributed by atoms with Crippen LogP contribution in [0.2, 0.25) is 0 Å². The van der Waals surface area contributed by atoms with Crippen LogP contribution < -0.4 is 5.32 Å². The highest BCUT2D eigenvalue weighted by Crippen LogP contribution is 2.23. The summed E-state index contributed by atoms with van der Waals surface area (Å²) in [5.74, 6) is 5.01. The van der Waals surface area contributed by atoms with Crippen LogP contribution in [0.5, 0.6) is 0 Å². The van der Waals surface area contributed by atoms with E-state index < -0.39 is 0 Å². The summed E-state index contributed by atoms with van der Waals surface area (Å²) in [4.78, 5) is 0. The molecule has 1 aromatic heterocycles. The van der Waals surface area contributed by atoms with Gasteiger partial charge in [-0.15, -0.1) is 10.2 Å². The van der Waals surface area contributed by atoms with E-state index in [4.69, 9.17) is 4.42 Å². The summed E-state index contributed by atoms with van der Waals surface area (Å²) >= 11 is 4.09. The number of hydrogen-bond acceptors (Lipinski definition) is 6. The monoisotopic (exact) mass is 307 g/mol. The van der Waals surface area contributed by atoms with Crippen LogP contribution in [-0.2, 0) is 6.54 Å². The van der Waals surface area contributed by atoms with Crippen LogP contribution in [0.25, 0.3) is 11.5 Å². The lowest BCUT2D eigenvalue weighted by Crippen LogP contribution is -2.28. The molecule has 106 valence electrons. The van der Waals surface area contributed by atoms with Crippen molar-refractivity contribution < 1.29 is 4.42 Å². The number of aromatic nitrogens is 2. The summed E-state index contributed by atoms with van der Waals surface area (Å²) in [7, 11) is 0. The van der Waals surface area contributed by atoms with Crippen LogP contribution in [-0.4, -0.2) is 39.3 Å². The zero-order valence-electron chi connectivity index (χ0n) is 11.1. The van der Waals surface area contributed by atoms with Crippen molar-refractivity contribution in [2.24, 2.45) is 0 Å². The molecule has 0 aliphatic carbocycles. The molecule has 0 spiro atoms. The molecule has 1 aliphatic heterocycles. The number of rotatable bonds is 5. The quantitative estimate of drug-likeness (QED) is 0.916. The number of thioether (sulfide) groups is 2. The molecule has 1 saturated heterocycles. The molecule has 3 rings (SSSR count). The van der Waals surface area contributed by atoms with Gasteiger partial charge in [-0.25, -0.2) is 0 Å². The van der Waals surface area contributed by atoms with Crippen molar-refractivity contribution in [2.45, 2.75) is 11.8 Å². The van der Waals surface area contributed by atoms with Crippen LogP contribution in [0.3, 0.4) is 0 Å². The Morgan fingerprint density at radius 2 is 2.10 bits per heavy atom. The minimum atomic E-state index is 0.588. The summed E-state index contributed by atoms with van der Waals surface area (Å²) in [6.45, 7) is 1.64. The molecule has 1 N–H and O–H groups in total. The molecular weight excluding hydrogens is 290 g/mol. The van der Waals surface area contributed by atoms with E-state index in [9.17, 15) is 0 Å². The number of benzene rings is 1. The standard InChI is InChI=1S/C14H17N3OS2/c1-2-4-11(5-3-1)14-17-16-13(18-14)9-15-8-12-10-19-6-7-20-12/h1-5,12,15H,6-10H2. The van der Waals surface area contributed by atoms with Gasteiger partial charge in [0.15, 0.2) is 0 Å². The SMILES string of the molecule is c1ccc(-c2nnc(CNCC3CSCCS3)o2)cc1. The molecule has 1 unspecified atom stereocenters. The number of hydrogen-bond donors (Lipinski definition) is 1. The van der Waals surface area contributed by atoms with Crippen molar-refractivity contribution >= 4 is 23.5 Å². The first-order chi connectivity index (χ1) is 9.92. The molecule has 0 amide bonds. The highest BCUT2D eigenvalue weighted by Gasteiger charge is 2.14. The molecule has 20 heavy (non-hydrogen) atoms. The zero-order valence-corrected chi connectivity index (χ0v) is 12.8. The molecule has 1 atom stereocenters. The Kier molecular flexibility index (Phi) is 5.00. The summed E-state index contributed by atoms with van der Waals surface area (Å²) in [5, 5.41) is 12.3. The van der Waals surface area contributed by atoms with Crippen LogP contribution >= 0.6 is 23.5 Å². The van der Waals surface area contributed by atoms with E-state index >= 15 is 0 Å². The van der Waals surface area contributed by atoms with E-state index in [1.165, 1.54) is 17.3 Å². The maximum atomic E-state index is 5.66. The van der Waals surface area contributed by atoms with Gasteiger partial charge in [-0.2, -0.15) is 23.5 Å². The van der Waals surface area contributed by atoms with E-state index in [1.54, 1.807) is 0 Å². The fraction of sp³-hybridized carbons (Fsp3) is 0.429. The Morgan fingerprint density at radius 3 is 2.90 bits per heavy atom. The first-order valence-corrected chi connectivity index (χ1v) is 8.90. The van der Waals surface area contributed by atoms with Crippen molar-refractivity contribution in [3.63, 3.8) is 0 Å². The van der Waals surface area contributed by atoms with Gasteiger partial charge in [0.2, 0.25) is 11.8 Å². The van der Waals surface area contributed by atoms with Gasteiger partial charge in [-0.05, 0) is 12.1 Å². The molecule has 4 nitrogen and oxygen atoms in total. The smallest absolute Gasteiger partial charge is 0.247 e. The predicted octanol–water partition coefficient (Wildman–Crippen LogP) is 2.67. The van der Waals surface area contributed by atoms with Crippen LogP contribution in [0.4, 0.5) is 0 Å². The lowest BCUT2D eigenvalue weighted by Gasteiger charge is -2.20. The molecule has 0 radical (unpaired) electrons. The zero-order chi connectivity index (χ0) is 13.6. The van der Waals surface area contributed by atoms with Crippen molar-refractivity contribution in [2.75, 3.05) is 23.8 Å².